The number of hydrogen-bond donors (Lipinski definition) is 2. The van der Waals surface area contributed by atoms with Gasteiger partial charge in [0.15, 0.2) is 6.61 Å². The molecule has 0 fully saturated rings. The molecule has 0 aromatic heterocycles. The molecule has 6 nitrogen and oxygen atoms in total. The molecule has 0 saturated heterocycles. The largest absolute Gasteiger partial charge is 0.484 e. The fourth-order valence-corrected chi connectivity index (χ4v) is 1.58. The smallest absolute Gasteiger partial charge is 0.416 e. The van der Waals surface area contributed by atoms with Crippen LogP contribution in [0.1, 0.15) is 18.9 Å². The maximum atomic E-state index is 12.6. The van der Waals surface area contributed by atoms with E-state index in [-0.39, 0.29) is 5.75 Å². The van der Waals surface area contributed by atoms with Crippen LogP contribution in [0.4, 0.5) is 13.2 Å². The highest BCUT2D eigenvalue weighted by Gasteiger charge is 2.30. The van der Waals surface area contributed by atoms with E-state index in [9.17, 15) is 22.8 Å². The topological polar surface area (TPSA) is 76.7 Å². The van der Waals surface area contributed by atoms with Gasteiger partial charge in [0.25, 0.3) is 11.8 Å². The molecular formula is C16H19F3N2O4. The Morgan fingerprint density at radius 3 is 2.68 bits per heavy atom. The zero-order valence-corrected chi connectivity index (χ0v) is 13.6. The summed E-state index contributed by atoms with van der Waals surface area (Å²) in [5, 5.41) is 0. The normalized spacial score (nSPS) is 12.2. The van der Waals surface area contributed by atoms with Crippen LogP contribution in [0, 0.1) is 0 Å². The fraction of sp³-hybridized carbons (Fsp3) is 0.375. The lowest BCUT2D eigenvalue weighted by Crippen LogP contribution is -2.47. The second kappa shape index (κ2) is 9.67. The maximum absolute atomic E-state index is 12.6. The van der Waals surface area contributed by atoms with Gasteiger partial charge in [-0.05, 0) is 31.5 Å². The van der Waals surface area contributed by atoms with E-state index in [1.165, 1.54) is 19.1 Å². The predicted molar refractivity (Wildman–Crippen MR) is 83.5 cm³/mol. The van der Waals surface area contributed by atoms with Crippen LogP contribution in [0.15, 0.2) is 36.9 Å². The van der Waals surface area contributed by atoms with Gasteiger partial charge < -0.3 is 9.47 Å². The average molecular weight is 360 g/mol. The monoisotopic (exact) mass is 360 g/mol. The number of nitrogens with one attached hydrogen (secondary N) is 2. The molecule has 9 heteroatoms. The van der Waals surface area contributed by atoms with Crippen molar-refractivity contribution < 1.29 is 32.2 Å². The van der Waals surface area contributed by atoms with E-state index in [4.69, 9.17) is 9.47 Å². The third-order valence-electron chi connectivity index (χ3n) is 2.92. The molecule has 138 valence electrons. The van der Waals surface area contributed by atoms with Gasteiger partial charge in [-0.2, -0.15) is 13.2 Å². The highest BCUT2D eigenvalue weighted by atomic mass is 19.4. The van der Waals surface area contributed by atoms with Crippen molar-refractivity contribution in [1.29, 1.82) is 0 Å². The van der Waals surface area contributed by atoms with Gasteiger partial charge in [-0.3, -0.25) is 20.4 Å². The van der Waals surface area contributed by atoms with Crippen molar-refractivity contribution in [3.8, 4) is 5.75 Å². The first-order valence-corrected chi connectivity index (χ1v) is 7.35. The molecule has 1 aromatic carbocycles. The number of hydrazine groups is 1. The van der Waals surface area contributed by atoms with Crippen LogP contribution in [-0.4, -0.2) is 31.1 Å². The second-order valence-electron chi connectivity index (χ2n) is 4.94. The summed E-state index contributed by atoms with van der Waals surface area (Å²) >= 11 is 0. The van der Waals surface area contributed by atoms with Crippen LogP contribution in [0.2, 0.25) is 0 Å². The zero-order chi connectivity index (χ0) is 18.9. The van der Waals surface area contributed by atoms with Gasteiger partial charge >= 0.3 is 6.18 Å². The average Bonchev–Trinajstić information content (AvgIpc) is 2.57. The molecule has 0 radical (unpaired) electrons. The van der Waals surface area contributed by atoms with E-state index in [0.29, 0.717) is 13.0 Å². The number of rotatable bonds is 8. The molecule has 25 heavy (non-hydrogen) atoms. The van der Waals surface area contributed by atoms with Crippen LogP contribution in [0.5, 0.6) is 5.75 Å². The SMILES string of the molecule is C=CCCOC(C)C(=O)NNC(=O)COc1cccc(C(F)(F)F)c1. The van der Waals surface area contributed by atoms with E-state index in [1.807, 2.05) is 0 Å². The Kier molecular flexibility index (Phi) is 7.93. The summed E-state index contributed by atoms with van der Waals surface area (Å²) in [6.45, 7) is 4.76. The number of hydrogen-bond acceptors (Lipinski definition) is 4. The van der Waals surface area contributed by atoms with E-state index in [0.717, 1.165) is 12.1 Å². The summed E-state index contributed by atoms with van der Waals surface area (Å²) in [5.41, 5.74) is 3.33. The molecule has 1 unspecified atom stereocenters. The van der Waals surface area contributed by atoms with Gasteiger partial charge in [0.2, 0.25) is 0 Å². The highest BCUT2D eigenvalue weighted by molar-refractivity contribution is 5.84. The Morgan fingerprint density at radius 1 is 1.32 bits per heavy atom. The quantitative estimate of drug-likeness (QED) is 0.423. The lowest BCUT2D eigenvalue weighted by Gasteiger charge is -2.14. The van der Waals surface area contributed by atoms with Crippen molar-refractivity contribution in [2.24, 2.45) is 0 Å². The first-order valence-electron chi connectivity index (χ1n) is 7.35. The van der Waals surface area contributed by atoms with Gasteiger partial charge in [0.05, 0.1) is 12.2 Å². The lowest BCUT2D eigenvalue weighted by atomic mass is 10.2. The predicted octanol–water partition coefficient (Wildman–Crippen LogP) is 2.21. The minimum atomic E-state index is -4.50. The molecular weight excluding hydrogens is 341 g/mol. The van der Waals surface area contributed by atoms with Gasteiger partial charge in [0.1, 0.15) is 11.9 Å². The Hall–Kier alpha value is -2.55. The van der Waals surface area contributed by atoms with E-state index in [2.05, 4.69) is 17.4 Å². The van der Waals surface area contributed by atoms with E-state index >= 15 is 0 Å². The number of benzene rings is 1. The molecule has 1 aromatic rings. The molecule has 0 aliphatic heterocycles. The van der Waals surface area contributed by atoms with E-state index in [1.54, 1.807) is 6.08 Å². The number of carbonyl (C=O) groups is 2. The van der Waals surface area contributed by atoms with Crippen molar-refractivity contribution in [3.05, 3.63) is 42.5 Å². The summed E-state index contributed by atoms with van der Waals surface area (Å²) in [6, 6.07) is 4.12. The number of alkyl halides is 3. The van der Waals surface area contributed by atoms with Crippen LogP contribution in [0.3, 0.4) is 0 Å². The lowest BCUT2D eigenvalue weighted by molar-refractivity contribution is -0.138. The summed E-state index contributed by atoms with van der Waals surface area (Å²) in [5.74, 6) is -1.42. The van der Waals surface area contributed by atoms with Crippen molar-refractivity contribution >= 4 is 11.8 Å². The Morgan fingerprint density at radius 2 is 2.04 bits per heavy atom. The Balaban J connectivity index is 2.38. The third kappa shape index (κ3) is 7.71. The van der Waals surface area contributed by atoms with Crippen molar-refractivity contribution in [1.82, 2.24) is 10.9 Å². The number of halogens is 3. The molecule has 0 saturated carbocycles. The Bertz CT molecular complexity index is 605. The molecule has 0 spiro atoms. The summed E-state index contributed by atoms with van der Waals surface area (Å²) in [4.78, 5) is 23.2. The molecule has 0 aliphatic rings. The van der Waals surface area contributed by atoms with Crippen LogP contribution >= 0.6 is 0 Å². The number of carbonyl (C=O) groups excluding carboxylic acids is 2. The molecule has 1 atom stereocenters. The van der Waals surface area contributed by atoms with Crippen LogP contribution in [-0.2, 0) is 20.5 Å². The number of amides is 2. The Labute approximate surface area is 143 Å². The second-order valence-corrected chi connectivity index (χ2v) is 4.94. The van der Waals surface area contributed by atoms with Gasteiger partial charge in [-0.15, -0.1) is 6.58 Å². The standard InChI is InChI=1S/C16H19F3N2O4/c1-3-4-8-24-11(2)15(23)21-20-14(22)10-25-13-7-5-6-12(9-13)16(17,18)19/h3,5-7,9,11H,1,4,8,10H2,2H3,(H,20,22)(H,21,23). The van der Waals surface area contributed by atoms with Gasteiger partial charge in [-0.1, -0.05) is 12.1 Å². The first kappa shape index (κ1) is 20.5. The summed E-state index contributed by atoms with van der Waals surface area (Å²) in [6.07, 6.45) is -3.08. The van der Waals surface area contributed by atoms with Gasteiger partial charge in [0, 0.05) is 0 Å². The molecule has 2 N–H and O–H groups in total. The molecule has 0 heterocycles. The van der Waals surface area contributed by atoms with Crippen LogP contribution < -0.4 is 15.6 Å². The van der Waals surface area contributed by atoms with Crippen molar-refractivity contribution in [2.75, 3.05) is 13.2 Å². The molecule has 0 bridgehead atoms. The van der Waals surface area contributed by atoms with Crippen molar-refractivity contribution in [3.63, 3.8) is 0 Å². The first-order chi connectivity index (χ1) is 11.7. The minimum absolute atomic E-state index is 0.113. The van der Waals surface area contributed by atoms with E-state index < -0.39 is 36.3 Å². The fourth-order valence-electron chi connectivity index (χ4n) is 1.58. The third-order valence-corrected chi connectivity index (χ3v) is 2.92. The molecule has 1 rings (SSSR count). The molecule has 2 amide bonds. The van der Waals surface area contributed by atoms with Crippen molar-refractivity contribution in [2.45, 2.75) is 25.6 Å². The molecule has 0 aliphatic carbocycles. The maximum Gasteiger partial charge on any atom is 0.416 e. The highest BCUT2D eigenvalue weighted by Crippen LogP contribution is 2.31. The summed E-state index contributed by atoms with van der Waals surface area (Å²) in [7, 11) is 0. The zero-order valence-electron chi connectivity index (χ0n) is 13.6. The summed E-state index contributed by atoms with van der Waals surface area (Å²) < 4.78 is 47.8. The van der Waals surface area contributed by atoms with Crippen LogP contribution in [0.25, 0.3) is 0 Å². The minimum Gasteiger partial charge on any atom is -0.484 e. The number of ether oxygens (including phenoxy) is 2. The van der Waals surface area contributed by atoms with Gasteiger partial charge in [-0.25, -0.2) is 0 Å².